The summed E-state index contributed by atoms with van der Waals surface area (Å²) >= 11 is 2.94. The zero-order chi connectivity index (χ0) is 16.2. The fourth-order valence-corrected chi connectivity index (χ4v) is 3.83. The van der Waals surface area contributed by atoms with Crippen LogP contribution in [0.1, 0.15) is 12.5 Å². The molecule has 1 unspecified atom stereocenters. The number of fused-ring (bicyclic) bond motifs is 1. The molecule has 1 amide bonds. The first-order valence-electron chi connectivity index (χ1n) is 6.84. The number of hydrogen-bond acceptors (Lipinski definition) is 6. The minimum atomic E-state index is -0.345. The lowest BCUT2D eigenvalue weighted by Crippen LogP contribution is -2.23. The highest BCUT2D eigenvalue weighted by Gasteiger charge is 2.18. The first-order chi connectivity index (χ1) is 11.2. The Labute approximate surface area is 141 Å². The van der Waals surface area contributed by atoms with Crippen molar-refractivity contribution in [2.75, 3.05) is 5.32 Å². The second-order valence-electron chi connectivity index (χ2n) is 4.72. The Morgan fingerprint density at radius 2 is 2.17 bits per heavy atom. The van der Waals surface area contributed by atoms with E-state index < -0.39 is 0 Å². The predicted molar refractivity (Wildman–Crippen MR) is 92.5 cm³/mol. The molecule has 0 aliphatic carbocycles. The molecule has 0 aliphatic heterocycles. The average Bonchev–Trinajstić information content (AvgIpc) is 3.05. The largest absolute Gasteiger partial charge is 0.324 e. The second kappa shape index (κ2) is 6.77. The summed E-state index contributed by atoms with van der Waals surface area (Å²) in [5.74, 6) is -0.166. The number of benzene rings is 1. The number of anilines is 1. The lowest BCUT2D eigenvalue weighted by Gasteiger charge is -2.12. The Bertz CT molecular complexity index is 900. The maximum absolute atomic E-state index is 12.4. The number of nitrogens with one attached hydrogen (secondary N) is 1. The van der Waals surface area contributed by atoms with E-state index in [1.54, 1.807) is 35.6 Å². The fraction of sp³-hybridized carbons (Fsp3) is 0.125. The minimum absolute atomic E-state index is 0.166. The van der Waals surface area contributed by atoms with E-state index in [-0.39, 0.29) is 11.2 Å². The molecule has 0 aliphatic rings. The standard InChI is InChI=1S/C16H12N4OS2/c1-10(15(21)20-12-5-3-2-4-11(12)8-17)23-16-14-13(6-7-22-14)18-9-19-16/h2-7,9-10H,1H3,(H,20,21). The van der Waals surface area contributed by atoms with Gasteiger partial charge in [-0.3, -0.25) is 4.79 Å². The summed E-state index contributed by atoms with van der Waals surface area (Å²) in [4.78, 5) is 20.8. The number of aromatic nitrogens is 2. The Hall–Kier alpha value is -2.43. The van der Waals surface area contributed by atoms with Crippen LogP contribution >= 0.6 is 23.1 Å². The summed E-state index contributed by atoms with van der Waals surface area (Å²) in [5.41, 5.74) is 1.85. The average molecular weight is 340 g/mol. The van der Waals surface area contributed by atoms with Crippen molar-refractivity contribution in [2.45, 2.75) is 17.2 Å². The lowest BCUT2D eigenvalue weighted by atomic mass is 10.2. The molecular formula is C16H12N4OS2. The third kappa shape index (κ3) is 3.33. The molecule has 0 saturated heterocycles. The van der Waals surface area contributed by atoms with Gasteiger partial charge in [-0.15, -0.1) is 11.3 Å². The first-order valence-corrected chi connectivity index (χ1v) is 8.60. The number of carbonyl (C=O) groups is 1. The maximum atomic E-state index is 12.4. The third-order valence-electron chi connectivity index (χ3n) is 3.17. The number of amides is 1. The maximum Gasteiger partial charge on any atom is 0.237 e. The number of rotatable bonds is 4. The fourth-order valence-electron chi connectivity index (χ4n) is 2.00. The van der Waals surface area contributed by atoms with Gasteiger partial charge in [0.2, 0.25) is 5.91 Å². The molecule has 0 saturated carbocycles. The van der Waals surface area contributed by atoms with Gasteiger partial charge in [0.15, 0.2) is 0 Å². The molecule has 114 valence electrons. The van der Waals surface area contributed by atoms with E-state index >= 15 is 0 Å². The van der Waals surface area contributed by atoms with Gasteiger partial charge in [-0.2, -0.15) is 5.26 Å². The monoisotopic (exact) mass is 340 g/mol. The Balaban J connectivity index is 1.75. The topological polar surface area (TPSA) is 78.7 Å². The summed E-state index contributed by atoms with van der Waals surface area (Å²) in [6.45, 7) is 1.82. The van der Waals surface area contributed by atoms with Crippen molar-refractivity contribution in [1.82, 2.24) is 9.97 Å². The van der Waals surface area contributed by atoms with Crippen molar-refractivity contribution in [2.24, 2.45) is 0 Å². The molecule has 7 heteroatoms. The van der Waals surface area contributed by atoms with Crippen LogP contribution in [0.15, 0.2) is 47.1 Å². The highest BCUT2D eigenvalue weighted by molar-refractivity contribution is 8.00. The smallest absolute Gasteiger partial charge is 0.237 e. The summed E-state index contributed by atoms with van der Waals surface area (Å²) in [6.07, 6.45) is 1.51. The molecule has 1 aromatic carbocycles. The summed E-state index contributed by atoms with van der Waals surface area (Å²) in [5, 5.41) is 14.3. The van der Waals surface area contributed by atoms with Gasteiger partial charge in [-0.05, 0) is 30.5 Å². The van der Waals surface area contributed by atoms with Crippen molar-refractivity contribution in [1.29, 1.82) is 5.26 Å². The highest BCUT2D eigenvalue weighted by Crippen LogP contribution is 2.31. The van der Waals surface area contributed by atoms with Crippen LogP contribution in [0.5, 0.6) is 0 Å². The van der Waals surface area contributed by atoms with E-state index in [4.69, 9.17) is 5.26 Å². The molecule has 2 heterocycles. The SMILES string of the molecule is CC(Sc1ncnc2ccsc12)C(=O)Nc1ccccc1C#N. The Morgan fingerprint density at radius 3 is 3.00 bits per heavy atom. The molecule has 1 N–H and O–H groups in total. The molecule has 2 aromatic heterocycles. The van der Waals surface area contributed by atoms with E-state index in [9.17, 15) is 4.79 Å². The molecule has 3 aromatic rings. The summed E-state index contributed by atoms with van der Waals surface area (Å²) in [6, 6.07) is 10.9. The van der Waals surface area contributed by atoms with Crippen molar-refractivity contribution >= 4 is 44.9 Å². The van der Waals surface area contributed by atoms with Gasteiger partial charge in [0.1, 0.15) is 17.4 Å². The quantitative estimate of drug-likeness (QED) is 0.579. The van der Waals surface area contributed by atoms with Crippen LogP contribution < -0.4 is 5.32 Å². The van der Waals surface area contributed by atoms with Crippen molar-refractivity contribution in [3.63, 3.8) is 0 Å². The van der Waals surface area contributed by atoms with Gasteiger partial charge in [0, 0.05) is 0 Å². The number of carbonyl (C=O) groups excluding carboxylic acids is 1. The predicted octanol–water partition coefficient (Wildman–Crippen LogP) is 3.68. The Kier molecular flexibility index (Phi) is 4.55. The highest BCUT2D eigenvalue weighted by atomic mass is 32.2. The lowest BCUT2D eigenvalue weighted by molar-refractivity contribution is -0.115. The second-order valence-corrected chi connectivity index (χ2v) is 6.97. The van der Waals surface area contributed by atoms with Gasteiger partial charge < -0.3 is 5.32 Å². The molecule has 1 atom stereocenters. The van der Waals surface area contributed by atoms with Crippen molar-refractivity contribution < 1.29 is 4.79 Å². The van der Waals surface area contributed by atoms with Crippen LogP contribution in [0.25, 0.3) is 10.2 Å². The summed E-state index contributed by atoms with van der Waals surface area (Å²) < 4.78 is 0.981. The van der Waals surface area contributed by atoms with E-state index in [1.165, 1.54) is 18.1 Å². The number of thiophene rings is 1. The molecule has 23 heavy (non-hydrogen) atoms. The third-order valence-corrected chi connectivity index (χ3v) is 5.31. The molecule has 0 bridgehead atoms. The van der Waals surface area contributed by atoms with E-state index in [0.717, 1.165) is 15.2 Å². The molecule has 3 rings (SSSR count). The van der Waals surface area contributed by atoms with Gasteiger partial charge >= 0.3 is 0 Å². The minimum Gasteiger partial charge on any atom is -0.324 e. The van der Waals surface area contributed by atoms with E-state index in [2.05, 4.69) is 21.4 Å². The number of nitrogens with zero attached hydrogens (tertiary/aromatic N) is 3. The van der Waals surface area contributed by atoms with E-state index in [0.29, 0.717) is 11.3 Å². The Morgan fingerprint density at radius 1 is 1.35 bits per heavy atom. The van der Waals surface area contributed by atoms with Crippen LogP contribution in [-0.4, -0.2) is 21.1 Å². The van der Waals surface area contributed by atoms with Gasteiger partial charge in [-0.25, -0.2) is 9.97 Å². The van der Waals surface area contributed by atoms with Crippen LogP contribution in [0.4, 0.5) is 5.69 Å². The van der Waals surface area contributed by atoms with Crippen LogP contribution in [0.3, 0.4) is 0 Å². The van der Waals surface area contributed by atoms with E-state index in [1.807, 2.05) is 18.4 Å². The summed E-state index contributed by atoms with van der Waals surface area (Å²) in [7, 11) is 0. The number of para-hydroxylation sites is 1. The van der Waals surface area contributed by atoms with Gasteiger partial charge in [-0.1, -0.05) is 23.9 Å². The van der Waals surface area contributed by atoms with Crippen LogP contribution in [0.2, 0.25) is 0 Å². The molecule has 5 nitrogen and oxygen atoms in total. The van der Waals surface area contributed by atoms with Crippen molar-refractivity contribution in [3.05, 3.63) is 47.6 Å². The first kappa shape index (κ1) is 15.5. The van der Waals surface area contributed by atoms with Crippen LogP contribution in [0, 0.1) is 11.3 Å². The zero-order valence-electron chi connectivity index (χ0n) is 12.2. The molecule has 0 spiro atoms. The molecule has 0 fully saturated rings. The van der Waals surface area contributed by atoms with Gasteiger partial charge in [0.25, 0.3) is 0 Å². The van der Waals surface area contributed by atoms with Gasteiger partial charge in [0.05, 0.1) is 26.7 Å². The number of thioether (sulfide) groups is 1. The van der Waals surface area contributed by atoms with Crippen LogP contribution in [-0.2, 0) is 4.79 Å². The number of hydrogen-bond donors (Lipinski definition) is 1. The zero-order valence-corrected chi connectivity index (χ0v) is 13.8. The van der Waals surface area contributed by atoms with Crippen molar-refractivity contribution in [3.8, 4) is 6.07 Å². The molecular weight excluding hydrogens is 328 g/mol. The normalized spacial score (nSPS) is 11.8. The molecule has 0 radical (unpaired) electrons. The number of nitriles is 1.